The van der Waals surface area contributed by atoms with Crippen molar-refractivity contribution in [1.29, 1.82) is 0 Å². The van der Waals surface area contributed by atoms with Gasteiger partial charge in [-0.25, -0.2) is 13.2 Å². The fourth-order valence-corrected chi connectivity index (χ4v) is 17.5. The summed E-state index contributed by atoms with van der Waals surface area (Å²) in [5.41, 5.74) is -3.00. The lowest BCUT2D eigenvalue weighted by Gasteiger charge is -2.53. The second-order valence-electron chi connectivity index (χ2n) is 25.5. The van der Waals surface area contributed by atoms with Gasteiger partial charge in [0.05, 0.1) is 78.6 Å². The first-order valence-corrected chi connectivity index (χ1v) is 35.3. The predicted molar refractivity (Wildman–Crippen MR) is 375 cm³/mol. The largest absolute Gasteiger partial charge is 0.502 e. The molecular formula is C75H66F3N9O12S3. The maximum atomic E-state index is 14.5. The molecule has 0 saturated carbocycles. The van der Waals surface area contributed by atoms with Gasteiger partial charge in [-0.2, -0.15) is 0 Å². The molecule has 6 aromatic carbocycles. The van der Waals surface area contributed by atoms with Gasteiger partial charge in [-0.05, 0) is 125 Å². The van der Waals surface area contributed by atoms with Crippen LogP contribution in [0.15, 0.2) is 193 Å². The first-order chi connectivity index (χ1) is 51.6. The lowest BCUT2D eigenvalue weighted by Crippen LogP contribution is -2.68. The van der Waals surface area contributed by atoms with E-state index in [2.05, 4.69) is 0 Å². The first kappa shape index (κ1) is 59.8. The smallest absolute Gasteiger partial charge is 0.278 e. The van der Waals surface area contributed by atoms with Gasteiger partial charge in [-0.1, -0.05) is 72.8 Å². The highest BCUT2D eigenvalue weighted by molar-refractivity contribution is 7.99. The summed E-state index contributed by atoms with van der Waals surface area (Å²) in [5.74, 6) is -4.80. The summed E-state index contributed by atoms with van der Waals surface area (Å²) >= 11 is 3.37. The number of morpholine rings is 3. The number of fused-ring (bicyclic) bond motifs is 12. The Hall–Kier alpha value is -9.90. The molecule has 3 aromatic heterocycles. The summed E-state index contributed by atoms with van der Waals surface area (Å²) in [6.45, 7) is 6.50. The number of hydrogen-bond acceptors (Lipinski definition) is 18. The summed E-state index contributed by atoms with van der Waals surface area (Å²) in [6, 6.07) is 31.8. The van der Waals surface area contributed by atoms with Crippen LogP contribution < -0.4 is 31.3 Å². The molecule has 9 aliphatic rings. The third-order valence-electron chi connectivity index (χ3n) is 19.3. The van der Waals surface area contributed by atoms with Crippen molar-refractivity contribution in [3.63, 3.8) is 0 Å². The molecule has 522 valence electrons. The van der Waals surface area contributed by atoms with Gasteiger partial charge in [-0.15, -0.1) is 35.3 Å². The zero-order chi connectivity index (χ0) is 76.1. The van der Waals surface area contributed by atoms with Gasteiger partial charge in [0.1, 0.15) is 35.9 Å². The fourth-order valence-electron chi connectivity index (χ4n) is 14.8. The van der Waals surface area contributed by atoms with Crippen molar-refractivity contribution in [2.45, 2.75) is 107 Å². The quantitative estimate of drug-likeness (QED) is 0.150. The van der Waals surface area contributed by atoms with Gasteiger partial charge in [0.25, 0.3) is 17.7 Å². The summed E-state index contributed by atoms with van der Waals surface area (Å²) in [4.78, 5) is 84.5. The van der Waals surface area contributed by atoms with Crippen molar-refractivity contribution in [1.82, 2.24) is 28.7 Å². The van der Waals surface area contributed by atoms with Crippen LogP contribution in [0, 0.1) is 17.5 Å². The zero-order valence-corrected chi connectivity index (χ0v) is 56.9. The average molecular weight is 1440 g/mol. The molecule has 3 amide bonds. The molecule has 0 spiro atoms. The van der Waals surface area contributed by atoms with E-state index in [9.17, 15) is 60.0 Å². The normalized spacial score (nSPS) is 26.8. The topological polar surface area (TPSA) is 225 Å². The molecule has 18 rings (SSSR count). The Balaban J connectivity index is 0.000000124. The van der Waals surface area contributed by atoms with Crippen molar-refractivity contribution in [3.8, 4) is 17.2 Å². The minimum atomic E-state index is -2.09. The Labute approximate surface area is 602 Å². The third-order valence-corrected chi connectivity index (χ3v) is 22.3. The number of thioether (sulfide) groups is 3. The van der Waals surface area contributed by atoms with Gasteiger partial charge in [-0.3, -0.25) is 57.8 Å². The Morgan fingerprint density at radius 2 is 0.755 bits per heavy atom. The molecule has 12 heterocycles. The first-order valence-electron chi connectivity index (χ1n) is 35.7. The number of carbonyl (C=O) groups excluding carboxylic acids is 3. The second-order valence-corrected chi connectivity index (χ2v) is 28.2. The van der Waals surface area contributed by atoms with Gasteiger partial charge in [0.2, 0.25) is 16.3 Å². The predicted octanol–water partition coefficient (Wildman–Crippen LogP) is 9.68. The Morgan fingerprint density at radius 3 is 1.20 bits per heavy atom. The number of rotatable bonds is 3. The van der Waals surface area contributed by atoms with Crippen LogP contribution in [0.25, 0.3) is 0 Å². The van der Waals surface area contributed by atoms with Crippen LogP contribution in [0.4, 0.5) is 13.2 Å². The van der Waals surface area contributed by atoms with E-state index in [1.807, 2.05) is 67.4 Å². The van der Waals surface area contributed by atoms with E-state index >= 15 is 0 Å². The number of hydrogen-bond donors (Lipinski definition) is 3. The molecule has 0 aliphatic carbocycles. The number of amides is 3. The van der Waals surface area contributed by atoms with E-state index < -0.39 is 123 Å². The van der Waals surface area contributed by atoms with Gasteiger partial charge in [0.15, 0.2) is 34.3 Å². The summed E-state index contributed by atoms with van der Waals surface area (Å²) in [5, 5.41) is 37.2. The summed E-state index contributed by atoms with van der Waals surface area (Å²) in [6.07, 6.45) is 1.95. The molecule has 0 radical (unpaired) electrons. The zero-order valence-electron chi connectivity index (χ0n) is 60.5. The van der Waals surface area contributed by atoms with Gasteiger partial charge < -0.3 is 44.2 Å². The number of pyridine rings is 3. The van der Waals surface area contributed by atoms with E-state index in [4.69, 9.17) is 19.7 Å². The van der Waals surface area contributed by atoms with Gasteiger partial charge in [0, 0.05) is 74.1 Å². The van der Waals surface area contributed by atoms with E-state index in [0.29, 0.717) is 43.4 Å². The van der Waals surface area contributed by atoms with Gasteiger partial charge >= 0.3 is 0 Å². The average Bonchev–Trinajstić information content (AvgIpc) is 1.32. The van der Waals surface area contributed by atoms with Crippen LogP contribution in [-0.2, 0) is 31.4 Å². The molecule has 21 nitrogen and oxygen atoms in total. The maximum Gasteiger partial charge on any atom is 0.278 e. The molecule has 9 atom stereocenters. The molecule has 102 heavy (non-hydrogen) atoms. The lowest BCUT2D eigenvalue weighted by atomic mass is 9.93. The highest BCUT2D eigenvalue weighted by Crippen LogP contribution is 2.49. The number of aromatic nitrogens is 3. The van der Waals surface area contributed by atoms with Crippen molar-refractivity contribution >= 4 is 53.0 Å². The summed E-state index contributed by atoms with van der Waals surface area (Å²) < 4.78 is 120. The Bertz CT molecular complexity index is 5460. The van der Waals surface area contributed by atoms with Crippen LogP contribution in [0.5, 0.6) is 17.2 Å². The van der Waals surface area contributed by atoms with E-state index in [-0.39, 0.29) is 85.5 Å². The molecule has 3 fully saturated rings. The fraction of sp³-hybridized carbons (Fsp3) is 0.280. The van der Waals surface area contributed by atoms with E-state index in [0.717, 1.165) is 46.1 Å². The molecule has 3 saturated heterocycles. The highest BCUT2D eigenvalue weighted by atomic mass is 32.2. The van der Waals surface area contributed by atoms with Crippen LogP contribution in [0.2, 0.25) is 0 Å². The van der Waals surface area contributed by atoms with Crippen LogP contribution in [-0.4, -0.2) is 138 Å². The number of nitrogens with zero attached hydrogens (tertiary/aromatic N) is 9. The maximum absolute atomic E-state index is 14.5. The molecule has 9 aromatic rings. The molecule has 3 N–H and O–H groups in total. The molecule has 0 unspecified atom stereocenters. The molecular weight excluding hydrogens is 1370 g/mol. The van der Waals surface area contributed by atoms with E-state index in [1.165, 1.54) is 103 Å². The standard InChI is InChI=1S/3C25H22FN3O4S/c3*1-14-11-33-12-21-28(14)25(32)23-24(31)19(30)8-9-27(23)29(21)22-17-7-6-16(26)10-15(17)13-34-20-5-3-2-4-18(20)22/h3*2-10,14,21-22,31H,11-13H2,1H3/t2*14-,21+,22+;14-,21+,22-/m000/s1/i13D2,22D;22D;13D2. The Morgan fingerprint density at radius 1 is 0.412 bits per heavy atom. The van der Waals surface area contributed by atoms with E-state index in [1.54, 1.807) is 58.1 Å². The number of carbonyl (C=O) groups is 3. The number of benzene rings is 6. The molecule has 27 heteroatoms. The highest BCUT2D eigenvalue weighted by Gasteiger charge is 2.52. The van der Waals surface area contributed by atoms with Crippen LogP contribution in [0.3, 0.4) is 0 Å². The summed E-state index contributed by atoms with van der Waals surface area (Å²) in [7, 11) is 0. The molecule has 0 bridgehead atoms. The number of halogens is 3. The number of aromatic hydroxyl groups is 3. The van der Waals surface area contributed by atoms with Crippen molar-refractivity contribution < 1.29 is 65.3 Å². The van der Waals surface area contributed by atoms with Crippen molar-refractivity contribution in [2.24, 2.45) is 0 Å². The monoisotopic (exact) mass is 1440 g/mol. The second kappa shape index (κ2) is 26.5. The Kier molecular flexibility index (Phi) is 15.5. The lowest BCUT2D eigenvalue weighted by molar-refractivity contribution is -0.0470. The minimum absolute atomic E-state index is 0.0156. The number of ether oxygens (including phenoxy) is 3. The minimum Gasteiger partial charge on any atom is -0.502 e. The van der Waals surface area contributed by atoms with Crippen LogP contribution >= 0.6 is 35.3 Å². The molecule has 9 aliphatic heterocycles. The van der Waals surface area contributed by atoms with Crippen LogP contribution in [0.1, 0.15) is 129 Å². The van der Waals surface area contributed by atoms with Crippen molar-refractivity contribution in [3.05, 3.63) is 279 Å². The van der Waals surface area contributed by atoms with Crippen molar-refractivity contribution in [2.75, 3.05) is 54.7 Å². The SMILES string of the molecule is [2H]C1([2H])Sc2ccccc2[C@@H](N2[C@@H]3COC[C@H](C)N3C(=O)c3c(O)c(=O)ccn32)c2ccc(F)cc21.[2H]C1([2H])Sc2ccccc2[C@]([2H])(N2[C@@H]3COC[C@H](C)N3C(=O)c3c(O)c(=O)ccn32)c2ccc(F)cc21.[2H][C@@]1(N2[C@@H]3COC[C@H](C)N3C(=O)c3c(O)c(=O)ccn32)c2ccc(F)cc2CSc2ccccc21. The third kappa shape index (κ3) is 11.1.